The summed E-state index contributed by atoms with van der Waals surface area (Å²) in [5.74, 6) is -1.22. The van der Waals surface area contributed by atoms with Crippen LogP contribution in [0.15, 0.2) is 42.5 Å². The van der Waals surface area contributed by atoms with E-state index in [1.165, 1.54) is 18.2 Å². The topological polar surface area (TPSA) is 15.3 Å². The summed E-state index contributed by atoms with van der Waals surface area (Å²) in [5.41, 5.74) is 1.39. The van der Waals surface area contributed by atoms with Gasteiger partial charge in [0, 0.05) is 14.1 Å². The molecule has 0 aliphatic rings. The maximum absolute atomic E-state index is 13.6. The Morgan fingerprint density at radius 1 is 0.889 bits per heavy atom. The normalized spacial score (nSPS) is 10.2. The second-order valence-electron chi connectivity index (χ2n) is 4.13. The van der Waals surface area contributed by atoms with E-state index in [1.807, 2.05) is 37.2 Å². The molecule has 0 spiro atoms. The Morgan fingerprint density at radius 2 is 1.50 bits per heavy atom. The van der Waals surface area contributed by atoms with Crippen molar-refractivity contribution in [2.24, 2.45) is 0 Å². The molecule has 0 fully saturated rings. The predicted molar refractivity (Wildman–Crippen MR) is 70.4 cm³/mol. The van der Waals surface area contributed by atoms with E-state index in [1.54, 1.807) is 6.07 Å². The SMILES string of the molecule is CN(C)c1ccccc1Nc1c(F)cccc1F. The van der Waals surface area contributed by atoms with Crippen molar-refractivity contribution >= 4 is 17.1 Å². The summed E-state index contributed by atoms with van der Waals surface area (Å²) in [4.78, 5) is 1.88. The van der Waals surface area contributed by atoms with Gasteiger partial charge in [-0.25, -0.2) is 8.78 Å². The van der Waals surface area contributed by atoms with Crippen LogP contribution in [0.25, 0.3) is 0 Å². The summed E-state index contributed by atoms with van der Waals surface area (Å²) in [5, 5.41) is 2.80. The van der Waals surface area contributed by atoms with Crippen molar-refractivity contribution in [1.82, 2.24) is 0 Å². The van der Waals surface area contributed by atoms with Crippen LogP contribution in [0.5, 0.6) is 0 Å². The van der Waals surface area contributed by atoms with Crippen molar-refractivity contribution in [3.8, 4) is 0 Å². The Morgan fingerprint density at radius 3 is 2.11 bits per heavy atom. The standard InChI is InChI=1S/C14H14F2N2/c1-18(2)13-9-4-3-8-12(13)17-14-10(15)6-5-7-11(14)16/h3-9,17H,1-2H3. The summed E-state index contributed by atoms with van der Waals surface area (Å²) >= 11 is 0. The van der Waals surface area contributed by atoms with Crippen LogP contribution >= 0.6 is 0 Å². The molecule has 0 unspecified atom stereocenters. The van der Waals surface area contributed by atoms with Gasteiger partial charge in [-0.3, -0.25) is 0 Å². The molecule has 2 aromatic carbocycles. The maximum atomic E-state index is 13.6. The Bertz CT molecular complexity index is 533. The zero-order chi connectivity index (χ0) is 13.1. The lowest BCUT2D eigenvalue weighted by molar-refractivity contribution is 0.591. The van der Waals surface area contributed by atoms with E-state index in [9.17, 15) is 8.78 Å². The van der Waals surface area contributed by atoms with Crippen molar-refractivity contribution in [3.63, 3.8) is 0 Å². The maximum Gasteiger partial charge on any atom is 0.149 e. The number of hydrogen-bond acceptors (Lipinski definition) is 2. The fourth-order valence-electron chi connectivity index (χ4n) is 1.72. The number of halogens is 2. The van der Waals surface area contributed by atoms with Gasteiger partial charge in [0.1, 0.15) is 17.3 Å². The fourth-order valence-corrected chi connectivity index (χ4v) is 1.72. The van der Waals surface area contributed by atoms with Gasteiger partial charge in [-0.05, 0) is 24.3 Å². The minimum Gasteiger partial charge on any atom is -0.376 e. The molecule has 2 aromatic rings. The highest BCUT2D eigenvalue weighted by Gasteiger charge is 2.10. The van der Waals surface area contributed by atoms with Gasteiger partial charge in [-0.2, -0.15) is 0 Å². The fraction of sp³-hybridized carbons (Fsp3) is 0.143. The molecule has 18 heavy (non-hydrogen) atoms. The highest BCUT2D eigenvalue weighted by atomic mass is 19.1. The van der Waals surface area contributed by atoms with Gasteiger partial charge in [-0.15, -0.1) is 0 Å². The van der Waals surface area contributed by atoms with Crippen molar-refractivity contribution in [1.29, 1.82) is 0 Å². The van der Waals surface area contributed by atoms with E-state index in [-0.39, 0.29) is 5.69 Å². The van der Waals surface area contributed by atoms with Crippen LogP contribution in [0.4, 0.5) is 25.8 Å². The predicted octanol–water partition coefficient (Wildman–Crippen LogP) is 3.77. The van der Waals surface area contributed by atoms with Crippen molar-refractivity contribution < 1.29 is 8.78 Å². The number of rotatable bonds is 3. The van der Waals surface area contributed by atoms with Crippen molar-refractivity contribution in [2.75, 3.05) is 24.3 Å². The van der Waals surface area contributed by atoms with Crippen LogP contribution in [0, 0.1) is 11.6 Å². The first-order valence-electron chi connectivity index (χ1n) is 5.57. The third-order valence-corrected chi connectivity index (χ3v) is 2.61. The monoisotopic (exact) mass is 248 g/mol. The lowest BCUT2D eigenvalue weighted by Crippen LogP contribution is -2.11. The molecule has 1 N–H and O–H groups in total. The van der Waals surface area contributed by atoms with E-state index < -0.39 is 11.6 Å². The number of anilines is 3. The average Bonchev–Trinajstić information content (AvgIpc) is 2.34. The highest BCUT2D eigenvalue weighted by molar-refractivity contribution is 5.75. The summed E-state index contributed by atoms with van der Waals surface area (Å²) in [6.45, 7) is 0. The highest BCUT2D eigenvalue weighted by Crippen LogP contribution is 2.29. The average molecular weight is 248 g/mol. The van der Waals surface area contributed by atoms with E-state index >= 15 is 0 Å². The van der Waals surface area contributed by atoms with Gasteiger partial charge in [-0.1, -0.05) is 18.2 Å². The second-order valence-corrected chi connectivity index (χ2v) is 4.13. The number of nitrogens with zero attached hydrogens (tertiary/aromatic N) is 1. The molecule has 0 saturated carbocycles. The van der Waals surface area contributed by atoms with Crippen LogP contribution in [-0.2, 0) is 0 Å². The van der Waals surface area contributed by atoms with E-state index in [0.717, 1.165) is 5.69 Å². The lowest BCUT2D eigenvalue weighted by atomic mass is 10.2. The van der Waals surface area contributed by atoms with E-state index in [4.69, 9.17) is 0 Å². The minimum atomic E-state index is -0.608. The van der Waals surface area contributed by atoms with Gasteiger partial charge < -0.3 is 10.2 Å². The first-order valence-corrected chi connectivity index (χ1v) is 5.57. The lowest BCUT2D eigenvalue weighted by Gasteiger charge is -2.18. The van der Waals surface area contributed by atoms with Gasteiger partial charge in [0.25, 0.3) is 0 Å². The van der Waals surface area contributed by atoms with Gasteiger partial charge in [0.15, 0.2) is 0 Å². The molecule has 2 rings (SSSR count). The Hall–Kier alpha value is -2.10. The quantitative estimate of drug-likeness (QED) is 0.889. The zero-order valence-corrected chi connectivity index (χ0v) is 10.2. The molecule has 0 saturated heterocycles. The Balaban J connectivity index is 2.40. The van der Waals surface area contributed by atoms with Crippen LogP contribution < -0.4 is 10.2 Å². The molecule has 94 valence electrons. The smallest absolute Gasteiger partial charge is 0.149 e. The first kappa shape index (κ1) is 12.4. The molecule has 0 aliphatic heterocycles. The summed E-state index contributed by atoms with van der Waals surface area (Å²) in [6.07, 6.45) is 0. The molecule has 0 atom stereocenters. The third-order valence-electron chi connectivity index (χ3n) is 2.61. The third kappa shape index (κ3) is 2.42. The molecular weight excluding hydrogens is 234 g/mol. The number of para-hydroxylation sites is 3. The zero-order valence-electron chi connectivity index (χ0n) is 10.2. The number of benzene rings is 2. The van der Waals surface area contributed by atoms with Crippen LogP contribution in [0.2, 0.25) is 0 Å². The largest absolute Gasteiger partial charge is 0.376 e. The Labute approximate surface area is 105 Å². The van der Waals surface area contributed by atoms with Gasteiger partial charge in [0.2, 0.25) is 0 Å². The first-order chi connectivity index (χ1) is 8.59. The molecule has 2 nitrogen and oxygen atoms in total. The van der Waals surface area contributed by atoms with Crippen molar-refractivity contribution in [2.45, 2.75) is 0 Å². The molecule has 0 radical (unpaired) electrons. The summed E-state index contributed by atoms with van der Waals surface area (Å²) < 4.78 is 27.1. The van der Waals surface area contributed by atoms with Crippen LogP contribution in [0.1, 0.15) is 0 Å². The van der Waals surface area contributed by atoms with Gasteiger partial charge in [0.05, 0.1) is 11.4 Å². The van der Waals surface area contributed by atoms with Gasteiger partial charge >= 0.3 is 0 Å². The van der Waals surface area contributed by atoms with Crippen molar-refractivity contribution in [3.05, 3.63) is 54.1 Å². The molecule has 0 aromatic heterocycles. The molecule has 0 amide bonds. The Kier molecular flexibility index (Phi) is 3.46. The summed E-state index contributed by atoms with van der Waals surface area (Å²) in [7, 11) is 3.75. The van der Waals surface area contributed by atoms with E-state index in [2.05, 4.69) is 5.32 Å². The van der Waals surface area contributed by atoms with Crippen LogP contribution in [0.3, 0.4) is 0 Å². The number of nitrogens with one attached hydrogen (secondary N) is 1. The number of hydrogen-bond donors (Lipinski definition) is 1. The minimum absolute atomic E-state index is 0.133. The molecule has 4 heteroatoms. The second kappa shape index (κ2) is 5.04. The van der Waals surface area contributed by atoms with E-state index in [0.29, 0.717) is 5.69 Å². The summed E-state index contributed by atoms with van der Waals surface area (Å²) in [6, 6.07) is 11.1. The van der Waals surface area contributed by atoms with Crippen LogP contribution in [-0.4, -0.2) is 14.1 Å². The molecule has 0 bridgehead atoms. The molecule has 0 aliphatic carbocycles. The molecular formula is C14H14F2N2. The molecule has 0 heterocycles.